The Hall–Kier alpha value is -0.920. The molecule has 0 bridgehead atoms. The second-order valence-corrected chi connectivity index (χ2v) is 13.5. The molecular weight excluding hydrogens is 436 g/mol. The molecule has 0 heterocycles. The molecule has 2 heteroatoms. The van der Waals surface area contributed by atoms with Gasteiger partial charge in [-0.1, -0.05) is 90.2 Å². The Kier molecular flexibility index (Phi) is 9.81. The summed E-state index contributed by atoms with van der Waals surface area (Å²) in [5.41, 5.74) is 3.10. The zero-order valence-corrected chi connectivity index (χ0v) is 23.7. The van der Waals surface area contributed by atoms with Gasteiger partial charge in [-0.3, -0.25) is 0 Å². The molecule has 0 aromatic carbocycles. The van der Waals surface area contributed by atoms with E-state index in [0.29, 0.717) is 0 Å². The van der Waals surface area contributed by atoms with Gasteiger partial charge in [0, 0.05) is 35.6 Å². The molecule has 2 nitrogen and oxygen atoms in total. The van der Waals surface area contributed by atoms with Crippen molar-refractivity contribution in [2.24, 2.45) is 11.8 Å². The lowest BCUT2D eigenvalue weighted by atomic mass is 9.76. The minimum Gasteiger partial charge on any atom is -0.369 e. The van der Waals surface area contributed by atoms with Crippen molar-refractivity contribution in [2.45, 2.75) is 178 Å². The van der Waals surface area contributed by atoms with Crippen molar-refractivity contribution < 1.29 is 0 Å². The van der Waals surface area contributed by atoms with Gasteiger partial charge in [-0.25, -0.2) is 0 Å². The fraction of sp³-hybridized carbons (Fsp3) is 0.882. The van der Waals surface area contributed by atoms with Crippen LogP contribution in [0.5, 0.6) is 0 Å². The molecule has 5 rings (SSSR count). The minimum absolute atomic E-state index is 0.718. The Morgan fingerprint density at radius 2 is 0.556 bits per heavy atom. The quantitative estimate of drug-likeness (QED) is 0.331. The molecule has 0 atom stereocenters. The Balaban J connectivity index is 1.22. The molecule has 5 aliphatic rings. The first-order valence-corrected chi connectivity index (χ1v) is 16.7. The van der Waals surface area contributed by atoms with Gasteiger partial charge in [0.1, 0.15) is 0 Å². The van der Waals surface area contributed by atoms with Crippen molar-refractivity contribution >= 4 is 0 Å². The monoisotopic (exact) mass is 494 g/mol. The predicted molar refractivity (Wildman–Crippen MR) is 155 cm³/mol. The number of nitrogens with zero attached hydrogens (tertiary/aromatic N) is 2. The highest BCUT2D eigenvalue weighted by Crippen LogP contribution is 2.43. The highest BCUT2D eigenvalue weighted by molar-refractivity contribution is 5.11. The van der Waals surface area contributed by atoms with Crippen LogP contribution in [-0.4, -0.2) is 34.0 Å². The predicted octanol–water partition coefficient (Wildman–Crippen LogP) is 9.75. The molecule has 0 amide bonds. The summed E-state index contributed by atoms with van der Waals surface area (Å²) >= 11 is 0. The van der Waals surface area contributed by atoms with E-state index >= 15 is 0 Å². The average molecular weight is 495 g/mol. The number of allylic oxidation sites excluding steroid dienone is 2. The smallest absolute Gasteiger partial charge is 0.0289 e. The third kappa shape index (κ3) is 6.37. The lowest BCUT2D eigenvalue weighted by molar-refractivity contribution is 0.0846. The normalized spacial score (nSPS) is 30.1. The Morgan fingerprint density at radius 1 is 0.333 bits per heavy atom. The van der Waals surface area contributed by atoms with Crippen molar-refractivity contribution in [3.63, 3.8) is 0 Å². The van der Waals surface area contributed by atoms with Crippen LogP contribution in [0.25, 0.3) is 0 Å². The molecule has 5 fully saturated rings. The summed E-state index contributed by atoms with van der Waals surface area (Å²) in [6.45, 7) is 9.75. The zero-order valence-electron chi connectivity index (χ0n) is 23.7. The van der Waals surface area contributed by atoms with Gasteiger partial charge in [0.15, 0.2) is 0 Å². The largest absolute Gasteiger partial charge is 0.369 e. The highest BCUT2D eigenvalue weighted by Gasteiger charge is 2.37. The first-order chi connectivity index (χ1) is 17.7. The van der Waals surface area contributed by atoms with Crippen molar-refractivity contribution in [1.29, 1.82) is 0 Å². The molecule has 0 N–H and O–H groups in total. The Morgan fingerprint density at radius 3 is 0.778 bits per heavy atom. The third-order valence-electron chi connectivity index (χ3n) is 11.2. The standard InChI is InChI=1S/C34H58N2/c1-27(35(31-15-7-3-8-16-31)32-17-9-4-10-18-32)29-23-25-30(26-24-29)28(2)36(33-19-11-5-12-20-33)34-21-13-6-14-22-34/h29-34H,1-26H2. The highest BCUT2D eigenvalue weighted by atomic mass is 15.2. The average Bonchev–Trinajstić information content (AvgIpc) is 2.96. The molecule has 36 heavy (non-hydrogen) atoms. The number of rotatable bonds is 8. The molecule has 0 aromatic heterocycles. The van der Waals surface area contributed by atoms with Crippen LogP contribution in [0.2, 0.25) is 0 Å². The van der Waals surface area contributed by atoms with Gasteiger partial charge in [-0.2, -0.15) is 0 Å². The SMILES string of the molecule is C=C(C1CCC(C(=C)N(C2CCCCC2)C2CCCCC2)CC1)N(C1CCCCC1)C1CCCCC1. The molecule has 0 unspecified atom stereocenters. The molecule has 204 valence electrons. The second kappa shape index (κ2) is 13.2. The second-order valence-electron chi connectivity index (χ2n) is 13.5. The van der Waals surface area contributed by atoms with Gasteiger partial charge in [-0.15, -0.1) is 0 Å². The lowest BCUT2D eigenvalue weighted by Gasteiger charge is -2.49. The third-order valence-corrected chi connectivity index (χ3v) is 11.2. The Labute approximate surface area is 224 Å². The van der Waals surface area contributed by atoms with Gasteiger partial charge in [0.2, 0.25) is 0 Å². The van der Waals surface area contributed by atoms with Crippen molar-refractivity contribution in [3.8, 4) is 0 Å². The molecule has 0 spiro atoms. The molecule has 0 aromatic rings. The van der Waals surface area contributed by atoms with Crippen LogP contribution >= 0.6 is 0 Å². The van der Waals surface area contributed by atoms with E-state index in [0.717, 1.165) is 36.0 Å². The molecule has 0 saturated heterocycles. The maximum absolute atomic E-state index is 4.87. The summed E-state index contributed by atoms with van der Waals surface area (Å²) in [6.07, 6.45) is 34.0. The summed E-state index contributed by atoms with van der Waals surface area (Å²) in [4.78, 5) is 5.88. The van der Waals surface area contributed by atoms with Crippen molar-refractivity contribution in [2.75, 3.05) is 0 Å². The van der Waals surface area contributed by atoms with E-state index in [9.17, 15) is 0 Å². The number of hydrogen-bond donors (Lipinski definition) is 0. The van der Waals surface area contributed by atoms with Crippen LogP contribution in [0.3, 0.4) is 0 Å². The van der Waals surface area contributed by atoms with E-state index in [2.05, 4.69) is 9.80 Å². The van der Waals surface area contributed by atoms with Crippen LogP contribution in [0.15, 0.2) is 24.6 Å². The van der Waals surface area contributed by atoms with E-state index < -0.39 is 0 Å². The van der Waals surface area contributed by atoms with E-state index in [1.165, 1.54) is 154 Å². The summed E-state index contributed by atoms with van der Waals surface area (Å²) in [6, 6.07) is 3.15. The zero-order chi connectivity index (χ0) is 24.7. The van der Waals surface area contributed by atoms with E-state index in [1.54, 1.807) is 11.4 Å². The molecule has 5 aliphatic carbocycles. The topological polar surface area (TPSA) is 6.48 Å². The van der Waals surface area contributed by atoms with Crippen LogP contribution in [-0.2, 0) is 0 Å². The van der Waals surface area contributed by atoms with Crippen LogP contribution in [0.4, 0.5) is 0 Å². The van der Waals surface area contributed by atoms with E-state index in [1.807, 2.05) is 0 Å². The molecule has 0 aliphatic heterocycles. The van der Waals surface area contributed by atoms with E-state index in [4.69, 9.17) is 13.2 Å². The van der Waals surface area contributed by atoms with Crippen LogP contribution in [0, 0.1) is 11.8 Å². The van der Waals surface area contributed by atoms with Gasteiger partial charge < -0.3 is 9.80 Å². The van der Waals surface area contributed by atoms with Gasteiger partial charge in [-0.05, 0) is 88.9 Å². The van der Waals surface area contributed by atoms with Crippen molar-refractivity contribution in [3.05, 3.63) is 24.6 Å². The maximum atomic E-state index is 4.87. The summed E-state index contributed by atoms with van der Waals surface area (Å²) in [5, 5.41) is 0. The molecule has 0 radical (unpaired) electrons. The minimum atomic E-state index is 0.718. The Bertz CT molecular complexity index is 584. The fourth-order valence-electron chi connectivity index (χ4n) is 9.15. The lowest BCUT2D eigenvalue weighted by Crippen LogP contribution is -2.47. The fourth-order valence-corrected chi connectivity index (χ4v) is 9.15. The van der Waals surface area contributed by atoms with Gasteiger partial charge in [0.05, 0.1) is 0 Å². The van der Waals surface area contributed by atoms with Crippen molar-refractivity contribution in [1.82, 2.24) is 9.80 Å². The summed E-state index contributed by atoms with van der Waals surface area (Å²) in [7, 11) is 0. The van der Waals surface area contributed by atoms with Crippen LogP contribution < -0.4 is 0 Å². The van der Waals surface area contributed by atoms with E-state index in [-0.39, 0.29) is 0 Å². The molecular formula is C34H58N2. The van der Waals surface area contributed by atoms with Gasteiger partial charge >= 0.3 is 0 Å². The first-order valence-electron chi connectivity index (χ1n) is 16.7. The van der Waals surface area contributed by atoms with Gasteiger partial charge in [0.25, 0.3) is 0 Å². The van der Waals surface area contributed by atoms with Crippen LogP contribution in [0.1, 0.15) is 154 Å². The number of hydrogen-bond acceptors (Lipinski definition) is 2. The first kappa shape index (κ1) is 26.7. The summed E-state index contributed by atoms with van der Waals surface area (Å²) in [5.74, 6) is 1.44. The molecule has 5 saturated carbocycles. The maximum Gasteiger partial charge on any atom is 0.0289 e. The summed E-state index contributed by atoms with van der Waals surface area (Å²) < 4.78 is 0.